The molecule has 2 N–H and O–H groups in total. The predicted molar refractivity (Wildman–Crippen MR) is 80.1 cm³/mol. The highest BCUT2D eigenvalue weighted by Gasteiger charge is 2.37. The van der Waals surface area contributed by atoms with Gasteiger partial charge >= 0.3 is 0 Å². The van der Waals surface area contributed by atoms with Crippen molar-refractivity contribution in [2.24, 2.45) is 0 Å². The molecule has 0 aromatic carbocycles. The molecule has 0 unspecified atom stereocenters. The van der Waals surface area contributed by atoms with Crippen LogP contribution in [0.25, 0.3) is 0 Å². The molecular formula is C15H33N3. The van der Waals surface area contributed by atoms with Gasteiger partial charge in [0.05, 0.1) is 0 Å². The van der Waals surface area contributed by atoms with E-state index < -0.39 is 0 Å². The number of hydrogen-bond donors (Lipinski definition) is 2. The molecule has 0 atom stereocenters. The fourth-order valence-corrected chi connectivity index (χ4v) is 3.43. The summed E-state index contributed by atoms with van der Waals surface area (Å²) in [5.74, 6) is 0. The summed E-state index contributed by atoms with van der Waals surface area (Å²) in [7, 11) is 0. The molecule has 0 aromatic heterocycles. The van der Waals surface area contributed by atoms with E-state index in [0.717, 1.165) is 26.2 Å². The monoisotopic (exact) mass is 255 g/mol. The largest absolute Gasteiger partial charge is 0.313 e. The highest BCUT2D eigenvalue weighted by Crippen LogP contribution is 2.28. The van der Waals surface area contributed by atoms with Gasteiger partial charge in [0.1, 0.15) is 0 Å². The van der Waals surface area contributed by atoms with Crippen molar-refractivity contribution < 1.29 is 0 Å². The lowest BCUT2D eigenvalue weighted by Gasteiger charge is -2.47. The lowest BCUT2D eigenvalue weighted by Crippen LogP contribution is -2.62. The molecule has 0 amide bonds. The first kappa shape index (κ1) is 15.9. The highest BCUT2D eigenvalue weighted by molar-refractivity contribution is 4.99. The first-order valence-corrected chi connectivity index (χ1v) is 7.53. The van der Waals surface area contributed by atoms with Crippen LogP contribution in [0.5, 0.6) is 0 Å². The van der Waals surface area contributed by atoms with Crippen molar-refractivity contribution in [2.75, 3.05) is 26.2 Å². The zero-order valence-corrected chi connectivity index (χ0v) is 13.3. The maximum Gasteiger partial charge on any atom is 0.0144 e. The molecule has 0 radical (unpaired) electrons. The summed E-state index contributed by atoms with van der Waals surface area (Å²) in [6.45, 7) is 18.3. The Morgan fingerprint density at radius 3 is 2.00 bits per heavy atom. The third kappa shape index (κ3) is 5.25. The van der Waals surface area contributed by atoms with Gasteiger partial charge in [0.25, 0.3) is 0 Å². The predicted octanol–water partition coefficient (Wildman–Crippen LogP) is 2.23. The number of piperidine rings is 1. The normalized spacial score (nSPS) is 23.5. The summed E-state index contributed by atoms with van der Waals surface area (Å²) in [5.41, 5.74) is 0.489. The molecule has 0 spiro atoms. The Labute approximate surface area is 114 Å². The van der Waals surface area contributed by atoms with E-state index in [1.165, 1.54) is 12.8 Å². The topological polar surface area (TPSA) is 27.3 Å². The molecule has 0 saturated carbocycles. The molecule has 3 heteroatoms. The van der Waals surface area contributed by atoms with Crippen molar-refractivity contribution in [3.05, 3.63) is 0 Å². The number of likely N-dealkylation sites (N-methyl/N-ethyl adjacent to an activating group) is 1. The highest BCUT2D eigenvalue weighted by atomic mass is 15.1. The van der Waals surface area contributed by atoms with Crippen LogP contribution in [0.3, 0.4) is 0 Å². The molecule has 1 aliphatic rings. The zero-order chi connectivity index (χ0) is 13.8. The van der Waals surface area contributed by atoms with Crippen molar-refractivity contribution >= 4 is 0 Å². The molecule has 108 valence electrons. The Hall–Kier alpha value is -0.120. The number of rotatable bonds is 6. The Morgan fingerprint density at radius 2 is 1.56 bits per heavy atom. The second-order valence-corrected chi connectivity index (χ2v) is 6.98. The Balaban J connectivity index is 2.38. The number of nitrogens with zero attached hydrogens (tertiary/aromatic N) is 1. The Bertz CT molecular complexity index is 228. The fraction of sp³-hybridized carbons (Fsp3) is 1.00. The fourth-order valence-electron chi connectivity index (χ4n) is 3.43. The third-order valence-corrected chi connectivity index (χ3v) is 3.95. The molecule has 1 saturated heterocycles. The second kappa shape index (κ2) is 6.36. The summed E-state index contributed by atoms with van der Waals surface area (Å²) in [5, 5.41) is 7.48. The molecule has 1 rings (SSSR count). The van der Waals surface area contributed by atoms with Crippen LogP contribution < -0.4 is 10.6 Å². The maximum absolute atomic E-state index is 3.75. The van der Waals surface area contributed by atoms with Gasteiger partial charge in [-0.05, 0) is 53.6 Å². The molecular weight excluding hydrogens is 222 g/mol. The van der Waals surface area contributed by atoms with Crippen LogP contribution in [-0.2, 0) is 0 Å². The minimum absolute atomic E-state index is 0.245. The SMILES string of the molecule is CCN(CC)CCNC1CC(C)(C)NC(C)(C)C1. The molecule has 0 bridgehead atoms. The smallest absolute Gasteiger partial charge is 0.0144 e. The van der Waals surface area contributed by atoms with E-state index in [9.17, 15) is 0 Å². The zero-order valence-electron chi connectivity index (χ0n) is 13.3. The number of nitrogens with one attached hydrogen (secondary N) is 2. The van der Waals surface area contributed by atoms with Crippen molar-refractivity contribution in [2.45, 2.75) is 71.5 Å². The summed E-state index contributed by atoms with van der Waals surface area (Å²) in [6.07, 6.45) is 2.43. The quantitative estimate of drug-likeness (QED) is 0.762. The molecule has 0 aliphatic carbocycles. The molecule has 1 fully saturated rings. The summed E-state index contributed by atoms with van der Waals surface area (Å²) >= 11 is 0. The van der Waals surface area contributed by atoms with Gasteiger partial charge in [-0.25, -0.2) is 0 Å². The van der Waals surface area contributed by atoms with Crippen LogP contribution in [-0.4, -0.2) is 48.2 Å². The average molecular weight is 255 g/mol. The lowest BCUT2D eigenvalue weighted by molar-refractivity contribution is 0.144. The third-order valence-electron chi connectivity index (χ3n) is 3.95. The van der Waals surface area contributed by atoms with Crippen LogP contribution in [0.15, 0.2) is 0 Å². The van der Waals surface area contributed by atoms with E-state index >= 15 is 0 Å². The van der Waals surface area contributed by atoms with Gasteiger partial charge in [-0.15, -0.1) is 0 Å². The minimum Gasteiger partial charge on any atom is -0.313 e. The van der Waals surface area contributed by atoms with Crippen molar-refractivity contribution in [3.8, 4) is 0 Å². The van der Waals surface area contributed by atoms with E-state index in [1.807, 2.05) is 0 Å². The average Bonchev–Trinajstić information content (AvgIpc) is 2.20. The van der Waals surface area contributed by atoms with E-state index in [4.69, 9.17) is 0 Å². The molecule has 3 nitrogen and oxygen atoms in total. The van der Waals surface area contributed by atoms with Gasteiger partial charge in [-0.3, -0.25) is 0 Å². The van der Waals surface area contributed by atoms with Crippen molar-refractivity contribution in [3.63, 3.8) is 0 Å². The minimum atomic E-state index is 0.245. The second-order valence-electron chi connectivity index (χ2n) is 6.98. The van der Waals surface area contributed by atoms with Gasteiger partial charge < -0.3 is 15.5 Å². The van der Waals surface area contributed by atoms with Crippen LogP contribution in [0, 0.1) is 0 Å². The summed E-state index contributed by atoms with van der Waals surface area (Å²) in [6, 6.07) is 0.645. The molecule has 0 aromatic rings. The van der Waals surface area contributed by atoms with Crippen LogP contribution in [0.2, 0.25) is 0 Å². The van der Waals surface area contributed by atoms with E-state index in [2.05, 4.69) is 57.1 Å². The van der Waals surface area contributed by atoms with Gasteiger partial charge in [-0.1, -0.05) is 13.8 Å². The first-order chi connectivity index (χ1) is 8.28. The lowest BCUT2D eigenvalue weighted by atomic mass is 9.79. The van der Waals surface area contributed by atoms with Gasteiger partial charge in [-0.2, -0.15) is 0 Å². The van der Waals surface area contributed by atoms with Crippen molar-refractivity contribution in [1.82, 2.24) is 15.5 Å². The van der Waals surface area contributed by atoms with E-state index in [0.29, 0.717) is 6.04 Å². The summed E-state index contributed by atoms with van der Waals surface area (Å²) in [4.78, 5) is 2.48. The number of hydrogen-bond acceptors (Lipinski definition) is 3. The van der Waals surface area contributed by atoms with Gasteiger partial charge in [0.15, 0.2) is 0 Å². The molecule has 1 heterocycles. The van der Waals surface area contributed by atoms with Crippen LogP contribution in [0.4, 0.5) is 0 Å². The first-order valence-electron chi connectivity index (χ1n) is 7.53. The Kier molecular flexibility index (Phi) is 5.63. The van der Waals surface area contributed by atoms with Gasteiger partial charge in [0.2, 0.25) is 0 Å². The standard InChI is InChI=1S/C15H33N3/c1-7-18(8-2)10-9-16-13-11-14(3,4)17-15(5,6)12-13/h13,16-17H,7-12H2,1-6H3. The molecule has 1 aliphatic heterocycles. The van der Waals surface area contributed by atoms with Crippen molar-refractivity contribution in [1.29, 1.82) is 0 Å². The van der Waals surface area contributed by atoms with Gasteiger partial charge in [0, 0.05) is 30.2 Å². The van der Waals surface area contributed by atoms with E-state index in [-0.39, 0.29) is 11.1 Å². The van der Waals surface area contributed by atoms with Crippen LogP contribution in [0.1, 0.15) is 54.4 Å². The Morgan fingerprint density at radius 1 is 1.06 bits per heavy atom. The maximum atomic E-state index is 3.75. The summed E-state index contributed by atoms with van der Waals surface area (Å²) < 4.78 is 0. The van der Waals surface area contributed by atoms with E-state index in [1.54, 1.807) is 0 Å². The van der Waals surface area contributed by atoms with Crippen LogP contribution >= 0.6 is 0 Å². The molecule has 18 heavy (non-hydrogen) atoms.